The predicted octanol–water partition coefficient (Wildman–Crippen LogP) is 13.4. The maximum absolute atomic E-state index is 2.58. The zero-order valence-corrected chi connectivity index (χ0v) is 32.0. The van der Waals surface area contributed by atoms with Gasteiger partial charge in [0.1, 0.15) is 8.07 Å². The molecule has 0 N–H and O–H groups in total. The van der Waals surface area contributed by atoms with Gasteiger partial charge in [-0.15, -0.1) is 0 Å². The van der Waals surface area contributed by atoms with Crippen LogP contribution in [0.3, 0.4) is 0 Å². The molecule has 2 nitrogen and oxygen atoms in total. The third-order valence-corrected chi connectivity index (χ3v) is 14.9. The third kappa shape index (κ3) is 5.47. The molecular formula is C52H40N2Si. The molecule has 55 heavy (non-hydrogen) atoms. The lowest BCUT2D eigenvalue weighted by atomic mass is 9.91. The highest BCUT2D eigenvalue weighted by atomic mass is 28.3. The third-order valence-electron chi connectivity index (χ3n) is 11.4. The number of rotatable bonds is 7. The molecule has 0 unspecified atom stereocenters. The van der Waals surface area contributed by atoms with Crippen LogP contribution in [-0.4, -0.2) is 8.07 Å². The summed E-state index contributed by atoms with van der Waals surface area (Å²) < 4.78 is 0. The number of benzene rings is 9. The van der Waals surface area contributed by atoms with Crippen LogP contribution in [0.4, 0.5) is 34.1 Å². The van der Waals surface area contributed by atoms with E-state index >= 15 is 0 Å². The molecule has 9 aromatic carbocycles. The zero-order valence-electron chi connectivity index (χ0n) is 31.0. The van der Waals surface area contributed by atoms with Crippen molar-refractivity contribution in [3.63, 3.8) is 0 Å². The summed E-state index contributed by atoms with van der Waals surface area (Å²) in [5.41, 5.74) is 12.0. The van der Waals surface area contributed by atoms with Crippen LogP contribution in [0.1, 0.15) is 0 Å². The van der Waals surface area contributed by atoms with Gasteiger partial charge in [-0.25, -0.2) is 0 Å². The van der Waals surface area contributed by atoms with Gasteiger partial charge in [-0.05, 0) is 93.3 Å². The van der Waals surface area contributed by atoms with Gasteiger partial charge in [0.2, 0.25) is 0 Å². The molecule has 0 fully saturated rings. The number of hydrogen-bond donors (Lipinski definition) is 0. The first-order valence-electron chi connectivity index (χ1n) is 19.1. The largest absolute Gasteiger partial charge is 0.309 e. The van der Waals surface area contributed by atoms with E-state index in [2.05, 4.69) is 229 Å². The van der Waals surface area contributed by atoms with Crippen LogP contribution in [0.25, 0.3) is 43.8 Å². The Hall–Kier alpha value is -6.68. The first-order chi connectivity index (χ1) is 27.1. The van der Waals surface area contributed by atoms with Crippen molar-refractivity contribution in [2.75, 3.05) is 9.80 Å². The Kier molecular flexibility index (Phi) is 7.97. The van der Waals surface area contributed by atoms with E-state index in [-0.39, 0.29) is 0 Å². The Morgan fingerprint density at radius 1 is 0.309 bits per heavy atom. The van der Waals surface area contributed by atoms with Gasteiger partial charge in [0, 0.05) is 44.3 Å². The number of para-hydroxylation sites is 4. The second-order valence-corrected chi connectivity index (χ2v) is 19.3. The van der Waals surface area contributed by atoms with Gasteiger partial charge in [0.15, 0.2) is 0 Å². The minimum atomic E-state index is -2.05. The molecular weight excluding hydrogens is 681 g/mol. The van der Waals surface area contributed by atoms with E-state index < -0.39 is 8.07 Å². The SMILES string of the molecule is C[Si]1(C)c2ccccc2-c2cc3c(N(c4ccccc4)c4ccccc4)c4ccc(-c5ccccc5)cc4c(N(c4ccccc4)c4ccccc4)c3cc21. The quantitative estimate of drug-likeness (QED) is 0.0919. The van der Waals surface area contributed by atoms with E-state index in [4.69, 9.17) is 0 Å². The maximum atomic E-state index is 2.58. The van der Waals surface area contributed by atoms with Crippen LogP contribution >= 0.6 is 0 Å². The summed E-state index contributed by atoms with van der Waals surface area (Å²) in [6, 6.07) is 75.6. The smallest absolute Gasteiger partial charge is 0.113 e. The van der Waals surface area contributed by atoms with E-state index in [0.717, 1.165) is 22.7 Å². The predicted molar refractivity (Wildman–Crippen MR) is 238 cm³/mol. The summed E-state index contributed by atoms with van der Waals surface area (Å²) >= 11 is 0. The Morgan fingerprint density at radius 3 is 1.25 bits per heavy atom. The summed E-state index contributed by atoms with van der Waals surface area (Å²) in [6.07, 6.45) is 0. The molecule has 0 saturated heterocycles. The summed E-state index contributed by atoms with van der Waals surface area (Å²) in [6.45, 7) is 5.04. The standard InChI is InChI=1S/C52H40N2Si/c1-55(2)49-31-19-18-30-43(49)45-35-47-48(36-50(45)55)52(54(41-26-14-6-15-27-41)42-28-16-7-17-29-42)46-34-38(37-20-8-3-9-21-37)32-33-44(46)51(47)53(39-22-10-4-11-23-39)40-24-12-5-13-25-40/h3-36H,1-2H3. The molecule has 0 bridgehead atoms. The molecule has 0 aliphatic carbocycles. The van der Waals surface area contributed by atoms with Crippen LogP contribution in [-0.2, 0) is 0 Å². The van der Waals surface area contributed by atoms with Crippen LogP contribution in [0.2, 0.25) is 13.1 Å². The second kappa shape index (κ2) is 13.3. The van der Waals surface area contributed by atoms with Crippen molar-refractivity contribution in [2.24, 2.45) is 0 Å². The molecule has 0 amide bonds. The van der Waals surface area contributed by atoms with Crippen molar-refractivity contribution < 1.29 is 0 Å². The van der Waals surface area contributed by atoms with Gasteiger partial charge in [0.05, 0.1) is 11.4 Å². The topological polar surface area (TPSA) is 6.48 Å². The molecule has 10 rings (SSSR count). The number of fused-ring (bicyclic) bond motifs is 5. The van der Waals surface area contributed by atoms with Crippen LogP contribution in [0.5, 0.6) is 0 Å². The number of nitrogens with zero attached hydrogens (tertiary/aromatic N) is 2. The molecule has 1 heterocycles. The fraction of sp³-hybridized carbons (Fsp3) is 0.0385. The molecule has 262 valence electrons. The molecule has 9 aromatic rings. The van der Waals surface area contributed by atoms with Crippen molar-refractivity contribution >= 4 is 74.1 Å². The Bertz CT molecular complexity index is 2740. The first-order valence-corrected chi connectivity index (χ1v) is 22.1. The average Bonchev–Trinajstić information content (AvgIpc) is 3.47. The zero-order chi connectivity index (χ0) is 36.9. The van der Waals surface area contributed by atoms with Gasteiger partial charge >= 0.3 is 0 Å². The van der Waals surface area contributed by atoms with E-state index in [0.29, 0.717) is 0 Å². The molecule has 0 saturated carbocycles. The number of hydrogen-bond acceptors (Lipinski definition) is 2. The molecule has 0 aromatic heterocycles. The van der Waals surface area contributed by atoms with Crippen molar-refractivity contribution in [2.45, 2.75) is 13.1 Å². The highest BCUT2D eigenvalue weighted by Gasteiger charge is 2.38. The number of anilines is 6. The van der Waals surface area contributed by atoms with Crippen molar-refractivity contribution in [1.82, 2.24) is 0 Å². The van der Waals surface area contributed by atoms with Crippen LogP contribution in [0, 0.1) is 0 Å². The lowest BCUT2D eigenvalue weighted by Gasteiger charge is -2.33. The highest BCUT2D eigenvalue weighted by molar-refractivity contribution is 7.04. The van der Waals surface area contributed by atoms with Gasteiger partial charge in [-0.2, -0.15) is 0 Å². The Morgan fingerprint density at radius 2 is 0.727 bits per heavy atom. The van der Waals surface area contributed by atoms with E-state index in [1.54, 1.807) is 0 Å². The van der Waals surface area contributed by atoms with E-state index in [9.17, 15) is 0 Å². The van der Waals surface area contributed by atoms with E-state index in [1.807, 2.05) is 0 Å². The lowest BCUT2D eigenvalue weighted by molar-refractivity contribution is 1.29. The van der Waals surface area contributed by atoms with Gasteiger partial charge in [-0.3, -0.25) is 0 Å². The summed E-state index contributed by atoms with van der Waals surface area (Å²) in [7, 11) is -2.05. The Labute approximate surface area is 324 Å². The second-order valence-electron chi connectivity index (χ2n) is 15.0. The molecule has 1 aliphatic rings. The first kappa shape index (κ1) is 32.9. The average molecular weight is 721 g/mol. The van der Waals surface area contributed by atoms with Crippen molar-refractivity contribution in [3.8, 4) is 22.3 Å². The summed E-state index contributed by atoms with van der Waals surface area (Å²) in [5.74, 6) is 0. The molecule has 0 atom stereocenters. The van der Waals surface area contributed by atoms with Crippen molar-refractivity contribution in [1.29, 1.82) is 0 Å². The Balaban J connectivity index is 1.43. The summed E-state index contributed by atoms with van der Waals surface area (Å²) in [5, 5.41) is 7.84. The van der Waals surface area contributed by atoms with Crippen LogP contribution in [0.15, 0.2) is 206 Å². The molecule has 1 aliphatic heterocycles. The minimum absolute atomic E-state index is 1.12. The fourth-order valence-electron chi connectivity index (χ4n) is 8.79. The normalized spacial score (nSPS) is 12.7. The van der Waals surface area contributed by atoms with E-state index in [1.165, 1.54) is 65.5 Å². The van der Waals surface area contributed by atoms with Gasteiger partial charge < -0.3 is 9.80 Å². The van der Waals surface area contributed by atoms with Gasteiger partial charge in [0.25, 0.3) is 0 Å². The maximum Gasteiger partial charge on any atom is 0.113 e. The van der Waals surface area contributed by atoms with Crippen LogP contribution < -0.4 is 20.2 Å². The molecule has 0 radical (unpaired) electrons. The highest BCUT2D eigenvalue weighted by Crippen LogP contribution is 2.52. The lowest BCUT2D eigenvalue weighted by Crippen LogP contribution is -2.49. The van der Waals surface area contributed by atoms with Gasteiger partial charge in [-0.1, -0.05) is 159 Å². The monoisotopic (exact) mass is 720 g/mol. The fourth-order valence-corrected chi connectivity index (χ4v) is 11.9. The molecule has 0 spiro atoms. The summed E-state index contributed by atoms with van der Waals surface area (Å²) in [4.78, 5) is 4.96. The molecule has 3 heteroatoms. The minimum Gasteiger partial charge on any atom is -0.309 e. The van der Waals surface area contributed by atoms with Crippen molar-refractivity contribution in [3.05, 3.63) is 206 Å².